The Morgan fingerprint density at radius 1 is 1.35 bits per heavy atom. The van der Waals surface area contributed by atoms with Crippen LogP contribution in [0, 0.1) is 17.6 Å². The molecule has 2 unspecified atom stereocenters. The second kappa shape index (κ2) is 9.08. The number of anilines is 1. The van der Waals surface area contributed by atoms with Crippen molar-refractivity contribution in [2.24, 2.45) is 13.0 Å². The number of carbonyl (C=O) groups is 1. The minimum atomic E-state index is -0.807. The third kappa shape index (κ3) is 4.52. The van der Waals surface area contributed by atoms with Gasteiger partial charge in [0.05, 0.1) is 10.1 Å². The van der Waals surface area contributed by atoms with E-state index < -0.39 is 28.5 Å². The van der Waals surface area contributed by atoms with Gasteiger partial charge < -0.3 is 9.88 Å². The molecule has 1 N–H and O–H groups in total. The molecule has 1 aromatic carbocycles. The van der Waals surface area contributed by atoms with Gasteiger partial charge in [0.15, 0.2) is 11.0 Å². The van der Waals surface area contributed by atoms with Crippen LogP contribution in [0.5, 0.6) is 0 Å². The van der Waals surface area contributed by atoms with Crippen molar-refractivity contribution in [3.8, 4) is 10.7 Å². The number of hydrogen-bond acceptors (Lipinski definition) is 5. The molecular weight excluding hydrogens is 438 g/mol. The van der Waals surface area contributed by atoms with Gasteiger partial charge in [-0.05, 0) is 55.9 Å². The van der Waals surface area contributed by atoms with Crippen LogP contribution in [0.25, 0.3) is 10.7 Å². The summed E-state index contributed by atoms with van der Waals surface area (Å²) in [5.74, 6) is -0.602. The molecule has 4 rings (SSSR count). The molecule has 0 spiro atoms. The van der Waals surface area contributed by atoms with Crippen LogP contribution >= 0.6 is 23.1 Å². The molecule has 1 aliphatic rings. The molecule has 0 fully saturated rings. The van der Waals surface area contributed by atoms with E-state index in [-0.39, 0.29) is 0 Å². The van der Waals surface area contributed by atoms with E-state index in [4.69, 9.17) is 0 Å². The highest BCUT2D eigenvalue weighted by Gasteiger charge is 2.24. The SMILES string of the molecule is CCC1CCc2sc(-c3nnc(SC(C)C(=O)Nc4c(F)cccc4F)n3C)cc2C1. The van der Waals surface area contributed by atoms with E-state index in [1.807, 2.05) is 11.6 Å². The first-order chi connectivity index (χ1) is 14.9. The zero-order valence-corrected chi connectivity index (χ0v) is 19.2. The number of hydrogen-bond donors (Lipinski definition) is 1. The number of carbonyl (C=O) groups excluding carboxylic acids is 1. The Balaban J connectivity index is 1.47. The number of thiophene rings is 1. The highest BCUT2D eigenvalue weighted by Crippen LogP contribution is 2.38. The Kier molecular flexibility index (Phi) is 6.43. The van der Waals surface area contributed by atoms with Gasteiger partial charge in [-0.2, -0.15) is 0 Å². The van der Waals surface area contributed by atoms with Crippen LogP contribution in [-0.4, -0.2) is 25.9 Å². The van der Waals surface area contributed by atoms with Gasteiger partial charge in [-0.25, -0.2) is 8.78 Å². The van der Waals surface area contributed by atoms with E-state index in [2.05, 4.69) is 28.5 Å². The first-order valence-corrected chi connectivity index (χ1v) is 12.0. The Morgan fingerprint density at radius 3 is 2.81 bits per heavy atom. The maximum atomic E-state index is 13.8. The van der Waals surface area contributed by atoms with Crippen LogP contribution < -0.4 is 5.32 Å². The minimum absolute atomic E-state index is 0.437. The van der Waals surface area contributed by atoms with E-state index in [0.717, 1.165) is 41.6 Å². The maximum Gasteiger partial charge on any atom is 0.237 e. The topological polar surface area (TPSA) is 59.8 Å². The number of thioether (sulfide) groups is 1. The smallest absolute Gasteiger partial charge is 0.237 e. The number of para-hydroxylation sites is 1. The van der Waals surface area contributed by atoms with Crippen molar-refractivity contribution in [1.82, 2.24) is 14.8 Å². The molecule has 5 nitrogen and oxygen atoms in total. The standard InChI is InChI=1S/C22H24F2N4OS2/c1-4-13-8-9-17-14(10-13)11-18(31-17)20-26-27-22(28(20)3)30-12(2)21(29)25-19-15(23)6-5-7-16(19)24/h5-7,11-13H,4,8-10H2,1-3H3,(H,25,29). The number of halogens is 2. The van der Waals surface area contributed by atoms with Crippen LogP contribution in [0.2, 0.25) is 0 Å². The number of nitrogens with zero attached hydrogens (tertiary/aromatic N) is 3. The molecule has 1 aliphatic carbocycles. The molecule has 2 heterocycles. The average Bonchev–Trinajstić information content (AvgIpc) is 3.33. The lowest BCUT2D eigenvalue weighted by Crippen LogP contribution is -2.24. The van der Waals surface area contributed by atoms with Crippen LogP contribution in [0.1, 0.15) is 37.1 Å². The van der Waals surface area contributed by atoms with Crippen molar-refractivity contribution in [1.29, 1.82) is 0 Å². The molecular formula is C22H24F2N4OS2. The van der Waals surface area contributed by atoms with Crippen LogP contribution in [0.4, 0.5) is 14.5 Å². The van der Waals surface area contributed by atoms with Gasteiger partial charge in [0.2, 0.25) is 5.91 Å². The number of aromatic nitrogens is 3. The summed E-state index contributed by atoms with van der Waals surface area (Å²) in [5, 5.41) is 10.9. The molecule has 0 bridgehead atoms. The Morgan fingerprint density at radius 2 is 2.10 bits per heavy atom. The second-order valence-electron chi connectivity index (χ2n) is 7.79. The summed E-state index contributed by atoms with van der Waals surface area (Å²) in [6.45, 7) is 3.91. The Hall–Kier alpha value is -2.26. The fraction of sp³-hybridized carbons (Fsp3) is 0.409. The molecule has 1 amide bonds. The highest BCUT2D eigenvalue weighted by molar-refractivity contribution is 8.00. The van der Waals surface area contributed by atoms with Crippen LogP contribution in [0.15, 0.2) is 29.4 Å². The number of nitrogens with one attached hydrogen (secondary N) is 1. The quantitative estimate of drug-likeness (QED) is 0.495. The van der Waals surface area contributed by atoms with Gasteiger partial charge in [0, 0.05) is 11.9 Å². The minimum Gasteiger partial charge on any atom is -0.320 e. The molecule has 164 valence electrons. The summed E-state index contributed by atoms with van der Waals surface area (Å²) in [6.07, 6.45) is 4.66. The molecule has 0 saturated heterocycles. The van der Waals surface area contributed by atoms with Gasteiger partial charge in [0.1, 0.15) is 17.3 Å². The number of amides is 1. The summed E-state index contributed by atoms with van der Waals surface area (Å²) < 4.78 is 29.5. The lowest BCUT2D eigenvalue weighted by Gasteiger charge is -2.19. The van der Waals surface area contributed by atoms with Gasteiger partial charge >= 0.3 is 0 Å². The van der Waals surface area contributed by atoms with Gasteiger partial charge in [-0.15, -0.1) is 21.5 Å². The maximum absolute atomic E-state index is 13.8. The third-order valence-electron chi connectivity index (χ3n) is 5.68. The van der Waals surface area contributed by atoms with E-state index in [0.29, 0.717) is 5.16 Å². The van der Waals surface area contributed by atoms with E-state index in [1.54, 1.807) is 18.3 Å². The van der Waals surface area contributed by atoms with E-state index in [9.17, 15) is 13.6 Å². The Bertz CT molecular complexity index is 1090. The third-order valence-corrected chi connectivity index (χ3v) is 8.05. The number of benzene rings is 1. The fourth-order valence-electron chi connectivity index (χ4n) is 3.74. The first-order valence-electron chi connectivity index (χ1n) is 10.3. The normalized spacial score (nSPS) is 16.7. The molecule has 31 heavy (non-hydrogen) atoms. The van der Waals surface area contributed by atoms with Crippen LogP contribution in [0.3, 0.4) is 0 Å². The van der Waals surface area contributed by atoms with Crippen molar-refractivity contribution in [3.63, 3.8) is 0 Å². The molecule has 2 atom stereocenters. The largest absolute Gasteiger partial charge is 0.320 e. The van der Waals surface area contributed by atoms with Crippen LogP contribution in [-0.2, 0) is 24.7 Å². The van der Waals surface area contributed by atoms with Crippen molar-refractivity contribution >= 4 is 34.7 Å². The van der Waals surface area contributed by atoms with Crippen molar-refractivity contribution in [3.05, 3.63) is 46.3 Å². The lowest BCUT2D eigenvalue weighted by atomic mass is 9.87. The molecule has 3 aromatic rings. The zero-order valence-electron chi connectivity index (χ0n) is 17.6. The molecule has 0 saturated carbocycles. The summed E-state index contributed by atoms with van der Waals surface area (Å²) in [6, 6.07) is 5.69. The molecule has 0 radical (unpaired) electrons. The van der Waals surface area contributed by atoms with Gasteiger partial charge in [-0.3, -0.25) is 4.79 Å². The molecule has 0 aliphatic heterocycles. The predicted octanol–water partition coefficient (Wildman–Crippen LogP) is 5.46. The first kappa shape index (κ1) is 22.0. The average molecular weight is 463 g/mol. The Labute approximate surface area is 188 Å². The summed E-state index contributed by atoms with van der Waals surface area (Å²) in [4.78, 5) is 15.0. The van der Waals surface area contributed by atoms with Crippen molar-refractivity contribution in [2.75, 3.05) is 5.32 Å². The molecule has 9 heteroatoms. The van der Waals surface area contributed by atoms with Gasteiger partial charge in [-0.1, -0.05) is 31.2 Å². The fourth-order valence-corrected chi connectivity index (χ4v) is 5.79. The zero-order chi connectivity index (χ0) is 22.1. The summed E-state index contributed by atoms with van der Waals surface area (Å²) in [7, 11) is 1.87. The van der Waals surface area contributed by atoms with E-state index >= 15 is 0 Å². The number of rotatable bonds is 6. The van der Waals surface area contributed by atoms with Crippen molar-refractivity contribution < 1.29 is 13.6 Å². The number of aryl methyl sites for hydroxylation is 1. The lowest BCUT2D eigenvalue weighted by molar-refractivity contribution is -0.115. The number of fused-ring (bicyclic) bond motifs is 1. The summed E-state index contributed by atoms with van der Waals surface area (Å²) >= 11 is 2.96. The monoisotopic (exact) mass is 462 g/mol. The highest BCUT2D eigenvalue weighted by atomic mass is 32.2. The predicted molar refractivity (Wildman–Crippen MR) is 120 cm³/mol. The summed E-state index contributed by atoms with van der Waals surface area (Å²) in [5.41, 5.74) is 0.975. The van der Waals surface area contributed by atoms with E-state index in [1.165, 1.54) is 41.1 Å². The molecule has 2 aromatic heterocycles. The van der Waals surface area contributed by atoms with Gasteiger partial charge in [0.25, 0.3) is 0 Å². The second-order valence-corrected chi connectivity index (χ2v) is 10.2. The van der Waals surface area contributed by atoms with Crippen molar-refractivity contribution in [2.45, 2.75) is 49.9 Å².